The molecule has 2 heterocycles. The Morgan fingerprint density at radius 3 is 2.83 bits per heavy atom. The molecule has 0 amide bonds. The minimum atomic E-state index is -0.926. The third-order valence-electron chi connectivity index (χ3n) is 2.74. The summed E-state index contributed by atoms with van der Waals surface area (Å²) < 4.78 is 1.15. The molecule has 0 spiro atoms. The summed E-state index contributed by atoms with van der Waals surface area (Å²) in [5, 5.41) is 10.3. The number of rotatable bonds is 2. The standard InChI is InChI=1S/C14H9NO2S/c16-14(17)10-5-6-15-8-11(10)13-7-9-3-1-2-4-12(9)18-13/h1-8H,(H,16,17). The summed E-state index contributed by atoms with van der Waals surface area (Å²) in [6.45, 7) is 0. The maximum atomic E-state index is 11.2. The van der Waals surface area contributed by atoms with E-state index in [-0.39, 0.29) is 5.56 Å². The van der Waals surface area contributed by atoms with Crippen LogP contribution in [0.5, 0.6) is 0 Å². The first-order chi connectivity index (χ1) is 8.75. The zero-order valence-corrected chi connectivity index (χ0v) is 10.1. The Kier molecular flexibility index (Phi) is 2.57. The van der Waals surface area contributed by atoms with Crippen LogP contribution in [0.1, 0.15) is 10.4 Å². The van der Waals surface area contributed by atoms with Gasteiger partial charge in [0.25, 0.3) is 0 Å². The van der Waals surface area contributed by atoms with Crippen molar-refractivity contribution in [2.24, 2.45) is 0 Å². The number of carbonyl (C=O) groups is 1. The van der Waals surface area contributed by atoms with E-state index in [4.69, 9.17) is 0 Å². The van der Waals surface area contributed by atoms with Gasteiger partial charge in [-0.05, 0) is 23.6 Å². The van der Waals surface area contributed by atoms with Crippen molar-refractivity contribution in [3.05, 3.63) is 54.4 Å². The van der Waals surface area contributed by atoms with Crippen molar-refractivity contribution in [1.82, 2.24) is 4.98 Å². The lowest BCUT2D eigenvalue weighted by Crippen LogP contribution is -1.98. The van der Waals surface area contributed by atoms with Crippen LogP contribution >= 0.6 is 11.3 Å². The summed E-state index contributed by atoms with van der Waals surface area (Å²) >= 11 is 1.58. The molecule has 0 aliphatic heterocycles. The Balaban J connectivity index is 2.23. The van der Waals surface area contributed by atoms with Crippen molar-refractivity contribution in [2.45, 2.75) is 0 Å². The fourth-order valence-electron chi connectivity index (χ4n) is 1.89. The number of hydrogen-bond donors (Lipinski definition) is 1. The lowest BCUT2D eigenvalue weighted by Gasteiger charge is -2.01. The molecule has 0 aliphatic rings. The molecular formula is C14H9NO2S. The van der Waals surface area contributed by atoms with Gasteiger partial charge in [-0.1, -0.05) is 18.2 Å². The summed E-state index contributed by atoms with van der Waals surface area (Å²) in [6, 6.07) is 11.5. The summed E-state index contributed by atoms with van der Waals surface area (Å²) in [5.74, 6) is -0.926. The highest BCUT2D eigenvalue weighted by Crippen LogP contribution is 2.34. The maximum Gasteiger partial charge on any atom is 0.336 e. The summed E-state index contributed by atoms with van der Waals surface area (Å²) in [5.41, 5.74) is 0.961. The van der Waals surface area contributed by atoms with Gasteiger partial charge in [0.15, 0.2) is 0 Å². The Bertz CT molecular complexity index is 700. The predicted molar refractivity (Wildman–Crippen MR) is 72.0 cm³/mol. The quantitative estimate of drug-likeness (QED) is 0.760. The number of aromatic carboxylic acids is 1. The van der Waals surface area contributed by atoms with E-state index in [1.54, 1.807) is 17.5 Å². The number of carboxylic acid groups (broad SMARTS) is 1. The average Bonchev–Trinajstić information content (AvgIpc) is 2.82. The van der Waals surface area contributed by atoms with E-state index in [0.717, 1.165) is 15.0 Å². The fraction of sp³-hybridized carbons (Fsp3) is 0. The molecular weight excluding hydrogens is 246 g/mol. The predicted octanol–water partition coefficient (Wildman–Crippen LogP) is 3.66. The third kappa shape index (κ3) is 1.76. The van der Waals surface area contributed by atoms with Gasteiger partial charge >= 0.3 is 5.97 Å². The molecule has 2 aromatic heterocycles. The van der Waals surface area contributed by atoms with Gasteiger partial charge in [0.2, 0.25) is 0 Å². The lowest BCUT2D eigenvalue weighted by atomic mass is 10.1. The molecule has 0 atom stereocenters. The van der Waals surface area contributed by atoms with Gasteiger partial charge in [0, 0.05) is 27.5 Å². The molecule has 88 valence electrons. The molecule has 0 unspecified atom stereocenters. The first-order valence-electron chi connectivity index (χ1n) is 5.42. The average molecular weight is 255 g/mol. The van der Waals surface area contributed by atoms with E-state index in [1.165, 1.54) is 12.3 Å². The zero-order chi connectivity index (χ0) is 12.5. The highest BCUT2D eigenvalue weighted by atomic mass is 32.1. The van der Waals surface area contributed by atoms with Crippen LogP contribution in [0.15, 0.2) is 48.8 Å². The molecule has 1 N–H and O–H groups in total. The topological polar surface area (TPSA) is 50.2 Å². The number of carboxylic acids is 1. The summed E-state index contributed by atoms with van der Waals surface area (Å²) in [7, 11) is 0. The van der Waals surface area contributed by atoms with Gasteiger partial charge in [-0.15, -0.1) is 11.3 Å². The van der Waals surface area contributed by atoms with E-state index >= 15 is 0 Å². The van der Waals surface area contributed by atoms with Gasteiger partial charge in [0.1, 0.15) is 0 Å². The molecule has 0 fully saturated rings. The second kappa shape index (κ2) is 4.23. The molecule has 18 heavy (non-hydrogen) atoms. The molecule has 0 aliphatic carbocycles. The van der Waals surface area contributed by atoms with Crippen molar-refractivity contribution in [1.29, 1.82) is 0 Å². The van der Waals surface area contributed by atoms with Crippen LogP contribution in [0.25, 0.3) is 20.5 Å². The van der Waals surface area contributed by atoms with E-state index in [9.17, 15) is 9.90 Å². The molecule has 3 aromatic rings. The number of fused-ring (bicyclic) bond motifs is 1. The Morgan fingerprint density at radius 2 is 2.06 bits per heavy atom. The summed E-state index contributed by atoms with van der Waals surface area (Å²) in [6.07, 6.45) is 3.11. The van der Waals surface area contributed by atoms with Crippen molar-refractivity contribution in [3.8, 4) is 10.4 Å². The van der Waals surface area contributed by atoms with Gasteiger partial charge in [-0.25, -0.2) is 4.79 Å². The third-order valence-corrected chi connectivity index (χ3v) is 3.89. The van der Waals surface area contributed by atoms with Crippen LogP contribution in [-0.4, -0.2) is 16.1 Å². The minimum absolute atomic E-state index is 0.288. The van der Waals surface area contributed by atoms with Crippen molar-refractivity contribution in [2.75, 3.05) is 0 Å². The van der Waals surface area contributed by atoms with Gasteiger partial charge < -0.3 is 5.11 Å². The molecule has 0 saturated heterocycles. The van der Waals surface area contributed by atoms with Gasteiger partial charge in [-0.2, -0.15) is 0 Å². The zero-order valence-electron chi connectivity index (χ0n) is 9.33. The SMILES string of the molecule is O=C(O)c1ccncc1-c1cc2ccccc2s1. The number of aromatic nitrogens is 1. The summed E-state index contributed by atoms with van der Waals surface area (Å²) in [4.78, 5) is 16.1. The second-order valence-corrected chi connectivity index (χ2v) is 4.96. The molecule has 0 radical (unpaired) electrons. The van der Waals surface area contributed by atoms with Crippen LogP contribution in [-0.2, 0) is 0 Å². The number of pyridine rings is 1. The first-order valence-corrected chi connectivity index (χ1v) is 6.23. The molecule has 1 aromatic carbocycles. The maximum absolute atomic E-state index is 11.2. The molecule has 4 heteroatoms. The van der Waals surface area contributed by atoms with Crippen LogP contribution in [0, 0.1) is 0 Å². The van der Waals surface area contributed by atoms with Gasteiger partial charge in [-0.3, -0.25) is 4.98 Å². The molecule has 0 bridgehead atoms. The second-order valence-electron chi connectivity index (χ2n) is 3.87. The van der Waals surface area contributed by atoms with Crippen molar-refractivity contribution >= 4 is 27.4 Å². The molecule has 3 nitrogen and oxygen atoms in total. The van der Waals surface area contributed by atoms with E-state index < -0.39 is 5.97 Å². The molecule has 3 rings (SSSR count). The van der Waals surface area contributed by atoms with Crippen LogP contribution in [0.3, 0.4) is 0 Å². The van der Waals surface area contributed by atoms with Crippen LogP contribution in [0.4, 0.5) is 0 Å². The smallest absolute Gasteiger partial charge is 0.336 e. The lowest BCUT2D eigenvalue weighted by molar-refractivity contribution is 0.0697. The van der Waals surface area contributed by atoms with Crippen LogP contribution < -0.4 is 0 Å². The molecule has 0 saturated carbocycles. The monoisotopic (exact) mass is 255 g/mol. The Hall–Kier alpha value is -2.20. The van der Waals surface area contributed by atoms with E-state index in [1.807, 2.05) is 30.3 Å². The van der Waals surface area contributed by atoms with Crippen molar-refractivity contribution in [3.63, 3.8) is 0 Å². The Morgan fingerprint density at radius 1 is 1.22 bits per heavy atom. The number of benzene rings is 1. The van der Waals surface area contributed by atoms with Crippen LogP contribution in [0.2, 0.25) is 0 Å². The first kappa shape index (κ1) is 10.9. The normalized spacial score (nSPS) is 10.7. The van der Waals surface area contributed by atoms with E-state index in [0.29, 0.717) is 5.56 Å². The Labute approximate surface area is 107 Å². The fourth-order valence-corrected chi connectivity index (χ4v) is 2.98. The largest absolute Gasteiger partial charge is 0.478 e. The van der Waals surface area contributed by atoms with Gasteiger partial charge in [0.05, 0.1) is 5.56 Å². The number of thiophene rings is 1. The number of hydrogen-bond acceptors (Lipinski definition) is 3. The van der Waals surface area contributed by atoms with Crippen molar-refractivity contribution < 1.29 is 9.90 Å². The highest BCUT2D eigenvalue weighted by Gasteiger charge is 2.13. The van der Waals surface area contributed by atoms with E-state index in [2.05, 4.69) is 4.98 Å². The minimum Gasteiger partial charge on any atom is -0.478 e. The highest BCUT2D eigenvalue weighted by molar-refractivity contribution is 7.22. The number of nitrogens with zero attached hydrogens (tertiary/aromatic N) is 1.